The van der Waals surface area contributed by atoms with Crippen LogP contribution in [-0.2, 0) is 9.53 Å². The maximum Gasteiger partial charge on any atom is 0.333 e. The van der Waals surface area contributed by atoms with Crippen molar-refractivity contribution in [2.75, 3.05) is 0 Å². The number of rotatable bonds is 4. The van der Waals surface area contributed by atoms with E-state index in [4.69, 9.17) is 0 Å². The molecule has 1 atom stereocenters. The summed E-state index contributed by atoms with van der Waals surface area (Å²) in [5.41, 5.74) is 0. The summed E-state index contributed by atoms with van der Waals surface area (Å²) in [7, 11) is 0. The normalized spacial score (nSPS) is 14.5. The molecule has 0 fully saturated rings. The highest BCUT2D eigenvalue weighted by Gasteiger charge is 2.37. The Balaban J connectivity index is 4.00. The summed E-state index contributed by atoms with van der Waals surface area (Å²) in [6.07, 6.45) is -0.0306. The molecule has 0 amide bonds. The van der Waals surface area contributed by atoms with Crippen molar-refractivity contribution in [1.29, 1.82) is 0 Å². The molecule has 0 heterocycles. The average molecular weight is 196 g/mol. The van der Waals surface area contributed by atoms with Gasteiger partial charge in [-0.05, 0) is 6.42 Å². The second-order valence-corrected chi connectivity index (χ2v) is 2.52. The molecule has 5 heteroatoms. The van der Waals surface area contributed by atoms with Gasteiger partial charge in [0.05, 0.1) is 0 Å². The van der Waals surface area contributed by atoms with Gasteiger partial charge in [-0.15, -0.1) is 0 Å². The molecule has 2 nitrogen and oxygen atoms in total. The molecule has 13 heavy (non-hydrogen) atoms. The smallest absolute Gasteiger partial charge is 0.333 e. The standard InChI is InChI=1S/C8H11F3O2/c1-3-4-5-6(12)13-7(9)8(2,10)11/h4-5,7H,3H2,1-2H3/b5-4+. The van der Waals surface area contributed by atoms with E-state index in [9.17, 15) is 18.0 Å². The molecule has 0 aliphatic carbocycles. The first-order valence-electron chi connectivity index (χ1n) is 3.77. The van der Waals surface area contributed by atoms with Crippen molar-refractivity contribution in [3.63, 3.8) is 0 Å². The number of hydrogen-bond acceptors (Lipinski definition) is 2. The largest absolute Gasteiger partial charge is 0.421 e. The predicted molar refractivity (Wildman–Crippen MR) is 41.0 cm³/mol. The molecule has 0 aliphatic rings. The minimum Gasteiger partial charge on any atom is -0.421 e. The maximum atomic E-state index is 12.4. The van der Waals surface area contributed by atoms with Crippen LogP contribution in [0.2, 0.25) is 0 Å². The van der Waals surface area contributed by atoms with Gasteiger partial charge < -0.3 is 4.74 Å². The van der Waals surface area contributed by atoms with Crippen LogP contribution in [0.1, 0.15) is 20.3 Å². The Kier molecular flexibility index (Phi) is 4.51. The zero-order valence-electron chi connectivity index (χ0n) is 7.39. The van der Waals surface area contributed by atoms with Crippen molar-refractivity contribution < 1.29 is 22.7 Å². The van der Waals surface area contributed by atoms with Crippen LogP contribution in [0, 0.1) is 0 Å². The molecule has 0 saturated carbocycles. The van der Waals surface area contributed by atoms with Crippen molar-refractivity contribution in [2.45, 2.75) is 32.5 Å². The lowest BCUT2D eigenvalue weighted by Gasteiger charge is -2.14. The van der Waals surface area contributed by atoms with Gasteiger partial charge in [-0.25, -0.2) is 4.79 Å². The van der Waals surface area contributed by atoms with Crippen LogP contribution in [0.15, 0.2) is 12.2 Å². The summed E-state index contributed by atoms with van der Waals surface area (Å²) < 4.78 is 40.4. The third kappa shape index (κ3) is 5.27. The molecule has 1 unspecified atom stereocenters. The molecule has 0 N–H and O–H groups in total. The van der Waals surface area contributed by atoms with Crippen LogP contribution in [0.3, 0.4) is 0 Å². The lowest BCUT2D eigenvalue weighted by atomic mass is 10.4. The van der Waals surface area contributed by atoms with Crippen molar-refractivity contribution in [3.05, 3.63) is 12.2 Å². The lowest BCUT2D eigenvalue weighted by molar-refractivity contribution is -0.193. The van der Waals surface area contributed by atoms with Crippen LogP contribution in [0.5, 0.6) is 0 Å². The molecule has 0 aromatic carbocycles. The van der Waals surface area contributed by atoms with Gasteiger partial charge in [0, 0.05) is 13.0 Å². The average Bonchev–Trinajstić information content (AvgIpc) is 1.99. The molecule has 0 radical (unpaired) electrons. The van der Waals surface area contributed by atoms with E-state index in [1.807, 2.05) is 0 Å². The van der Waals surface area contributed by atoms with Gasteiger partial charge in [0.25, 0.3) is 0 Å². The third-order valence-corrected chi connectivity index (χ3v) is 1.11. The number of carbonyl (C=O) groups excluding carboxylic acids is 1. The highest BCUT2D eigenvalue weighted by atomic mass is 19.3. The molecular weight excluding hydrogens is 185 g/mol. The van der Waals surface area contributed by atoms with Gasteiger partial charge in [0.2, 0.25) is 0 Å². The van der Waals surface area contributed by atoms with Crippen LogP contribution in [0.4, 0.5) is 13.2 Å². The number of alkyl halides is 3. The van der Waals surface area contributed by atoms with E-state index in [-0.39, 0.29) is 0 Å². The summed E-state index contributed by atoms with van der Waals surface area (Å²) >= 11 is 0. The van der Waals surface area contributed by atoms with Crippen LogP contribution in [0.25, 0.3) is 0 Å². The van der Waals surface area contributed by atoms with E-state index in [0.29, 0.717) is 13.3 Å². The van der Waals surface area contributed by atoms with Gasteiger partial charge in [0.1, 0.15) is 0 Å². The van der Waals surface area contributed by atoms with Gasteiger partial charge in [-0.3, -0.25) is 0 Å². The molecule has 0 aromatic rings. The minimum absolute atomic E-state index is 0.342. The zero-order valence-corrected chi connectivity index (χ0v) is 7.39. The first kappa shape index (κ1) is 12.0. The second-order valence-electron chi connectivity index (χ2n) is 2.52. The molecule has 0 aliphatic heterocycles. The number of carbonyl (C=O) groups is 1. The number of ether oxygens (including phenoxy) is 1. The zero-order chi connectivity index (χ0) is 10.5. The van der Waals surface area contributed by atoms with Crippen LogP contribution < -0.4 is 0 Å². The lowest BCUT2D eigenvalue weighted by Crippen LogP contribution is -2.30. The summed E-state index contributed by atoms with van der Waals surface area (Å²) in [6, 6.07) is 0. The Bertz CT molecular complexity index is 196. The van der Waals surface area contributed by atoms with E-state index >= 15 is 0 Å². The molecular formula is C8H11F3O2. The van der Waals surface area contributed by atoms with Crippen molar-refractivity contribution in [2.24, 2.45) is 0 Å². The summed E-state index contributed by atoms with van der Waals surface area (Å²) in [6.45, 7) is 2.08. The Morgan fingerprint density at radius 2 is 2.15 bits per heavy atom. The van der Waals surface area contributed by atoms with E-state index in [2.05, 4.69) is 4.74 Å². The molecule has 0 aromatic heterocycles. The molecule has 0 saturated heterocycles. The van der Waals surface area contributed by atoms with E-state index in [1.54, 1.807) is 6.92 Å². The van der Waals surface area contributed by atoms with Crippen molar-refractivity contribution >= 4 is 5.97 Å². The summed E-state index contributed by atoms with van der Waals surface area (Å²) in [5.74, 6) is -4.76. The molecule has 76 valence electrons. The number of esters is 1. The van der Waals surface area contributed by atoms with Crippen molar-refractivity contribution in [1.82, 2.24) is 0 Å². The monoisotopic (exact) mass is 196 g/mol. The first-order chi connectivity index (χ1) is 5.88. The first-order valence-corrected chi connectivity index (χ1v) is 3.77. The van der Waals surface area contributed by atoms with Gasteiger partial charge in [0.15, 0.2) is 0 Å². The maximum absolute atomic E-state index is 12.4. The van der Waals surface area contributed by atoms with E-state index in [0.717, 1.165) is 6.08 Å². The number of hydrogen-bond donors (Lipinski definition) is 0. The Morgan fingerprint density at radius 3 is 2.54 bits per heavy atom. The van der Waals surface area contributed by atoms with Crippen molar-refractivity contribution in [3.8, 4) is 0 Å². The highest BCUT2D eigenvalue weighted by molar-refractivity contribution is 5.81. The predicted octanol–water partition coefficient (Wildman–Crippen LogP) is 2.45. The fourth-order valence-corrected chi connectivity index (χ4v) is 0.459. The van der Waals surface area contributed by atoms with Gasteiger partial charge in [-0.2, -0.15) is 13.2 Å². The highest BCUT2D eigenvalue weighted by Crippen LogP contribution is 2.21. The Labute approximate surface area is 74.4 Å². The fourth-order valence-electron chi connectivity index (χ4n) is 0.459. The SMILES string of the molecule is CC/C=C/C(=O)OC(F)C(C)(F)F. The van der Waals surface area contributed by atoms with E-state index in [1.165, 1.54) is 6.08 Å². The van der Waals surface area contributed by atoms with Gasteiger partial charge >= 0.3 is 18.2 Å². The topological polar surface area (TPSA) is 26.3 Å². The second kappa shape index (κ2) is 4.89. The quantitative estimate of drug-likeness (QED) is 0.510. The third-order valence-electron chi connectivity index (χ3n) is 1.11. The van der Waals surface area contributed by atoms with Gasteiger partial charge in [-0.1, -0.05) is 13.0 Å². The fraction of sp³-hybridized carbons (Fsp3) is 0.625. The number of halogens is 3. The van der Waals surface area contributed by atoms with Crippen LogP contribution in [-0.4, -0.2) is 18.2 Å². The summed E-state index contributed by atoms with van der Waals surface area (Å²) in [4.78, 5) is 10.6. The summed E-state index contributed by atoms with van der Waals surface area (Å²) in [5, 5.41) is 0. The van der Waals surface area contributed by atoms with E-state index < -0.39 is 18.2 Å². The van der Waals surface area contributed by atoms with Crippen LogP contribution >= 0.6 is 0 Å². The Hall–Kier alpha value is -1.00. The Morgan fingerprint density at radius 1 is 1.62 bits per heavy atom. The molecule has 0 spiro atoms. The minimum atomic E-state index is -3.66. The number of allylic oxidation sites excluding steroid dienone is 1. The molecule has 0 rings (SSSR count). The molecule has 0 bridgehead atoms.